The molecule has 0 bridgehead atoms. The average Bonchev–Trinajstić information content (AvgIpc) is 3.15. The number of amides is 1. The van der Waals surface area contributed by atoms with E-state index in [1.54, 1.807) is 42.5 Å². The Morgan fingerprint density at radius 3 is 2.34 bits per heavy atom. The molecule has 8 heteroatoms. The van der Waals surface area contributed by atoms with Crippen molar-refractivity contribution in [3.05, 3.63) is 87.4 Å². The lowest BCUT2D eigenvalue weighted by atomic mass is 9.94. The highest BCUT2D eigenvalue weighted by Crippen LogP contribution is 2.45. The van der Waals surface area contributed by atoms with Crippen LogP contribution in [0.1, 0.15) is 42.1 Å². The van der Waals surface area contributed by atoms with Crippen LogP contribution in [0.5, 0.6) is 17.2 Å². The summed E-state index contributed by atoms with van der Waals surface area (Å²) >= 11 is 6.45. The van der Waals surface area contributed by atoms with Gasteiger partial charge in [0.15, 0.2) is 11.5 Å². The van der Waals surface area contributed by atoms with Crippen LogP contribution in [0.25, 0.3) is 5.76 Å². The lowest BCUT2D eigenvalue weighted by Crippen LogP contribution is -2.30. The highest BCUT2D eigenvalue weighted by atomic mass is 35.5. The fraction of sp³-hybridized carbons (Fsp3) is 0.267. The highest BCUT2D eigenvalue weighted by molar-refractivity contribution is 6.52. The average molecular weight is 536 g/mol. The minimum Gasteiger partial charge on any atom is -0.507 e. The van der Waals surface area contributed by atoms with E-state index in [0.717, 1.165) is 11.1 Å². The molecule has 3 aromatic rings. The number of aliphatic hydroxyl groups is 1. The Kier molecular flexibility index (Phi) is 7.97. The molecule has 4 rings (SSSR count). The second-order valence-electron chi connectivity index (χ2n) is 8.88. The van der Waals surface area contributed by atoms with Crippen LogP contribution in [0.4, 0.5) is 5.69 Å². The van der Waals surface area contributed by atoms with Gasteiger partial charge in [0.1, 0.15) is 11.5 Å². The molecule has 0 saturated carbocycles. The molecule has 1 aliphatic heterocycles. The molecule has 0 spiro atoms. The van der Waals surface area contributed by atoms with E-state index in [-0.39, 0.29) is 21.9 Å². The maximum atomic E-state index is 13.6. The summed E-state index contributed by atoms with van der Waals surface area (Å²) in [6, 6.07) is 14.7. The van der Waals surface area contributed by atoms with Gasteiger partial charge in [-0.1, -0.05) is 35.4 Å². The molecule has 1 heterocycles. The first-order valence-electron chi connectivity index (χ1n) is 12.3. The zero-order valence-electron chi connectivity index (χ0n) is 22.0. The summed E-state index contributed by atoms with van der Waals surface area (Å²) < 4.78 is 16.8. The molecular formula is C30H30ClNO6. The molecule has 7 nitrogen and oxygen atoms in total. The molecular weight excluding hydrogens is 506 g/mol. The molecule has 198 valence electrons. The second-order valence-corrected chi connectivity index (χ2v) is 9.28. The van der Waals surface area contributed by atoms with Gasteiger partial charge in [0.25, 0.3) is 11.7 Å². The minimum atomic E-state index is -0.951. The Morgan fingerprint density at radius 1 is 0.947 bits per heavy atom. The quantitative estimate of drug-likeness (QED) is 0.204. The molecule has 1 amide bonds. The Bertz CT molecular complexity index is 1430. The number of aryl methyl sites for hydroxylation is 2. The zero-order valence-corrected chi connectivity index (χ0v) is 22.8. The lowest BCUT2D eigenvalue weighted by Gasteiger charge is -2.27. The molecule has 0 radical (unpaired) electrons. The number of halogens is 1. The summed E-state index contributed by atoms with van der Waals surface area (Å²) in [7, 11) is 1.53. The fourth-order valence-electron chi connectivity index (χ4n) is 4.69. The Balaban J connectivity index is 2.00. The summed E-state index contributed by atoms with van der Waals surface area (Å²) in [4.78, 5) is 28.6. The van der Waals surface area contributed by atoms with Gasteiger partial charge in [-0.15, -0.1) is 0 Å². The topological polar surface area (TPSA) is 85.3 Å². The van der Waals surface area contributed by atoms with Crippen molar-refractivity contribution in [1.29, 1.82) is 0 Å². The maximum Gasteiger partial charge on any atom is 0.300 e. The normalized spacial score (nSPS) is 16.6. The first-order chi connectivity index (χ1) is 18.2. The molecule has 1 aliphatic rings. The molecule has 38 heavy (non-hydrogen) atoms. The smallest absolute Gasteiger partial charge is 0.300 e. The van der Waals surface area contributed by atoms with Crippen LogP contribution in [-0.4, -0.2) is 37.1 Å². The maximum absolute atomic E-state index is 13.6. The number of rotatable bonds is 8. The molecule has 3 aromatic carbocycles. The van der Waals surface area contributed by atoms with E-state index in [4.69, 9.17) is 25.8 Å². The van der Waals surface area contributed by atoms with Gasteiger partial charge in [-0.05, 0) is 75.2 Å². The van der Waals surface area contributed by atoms with Crippen molar-refractivity contribution >= 4 is 34.7 Å². The standard InChI is InChI=1S/C30H30ClNO6/c1-6-37-20-10-11-22(31)21(16-20)28(33)26-27(19-9-13-24(36-5)25(15-19)38-7-2)32(30(35)29(26)34)23-12-8-17(3)14-18(23)4/h8-16,27,33H,6-7H2,1-5H3/b28-26+. The number of nitrogens with zero attached hydrogens (tertiary/aromatic N) is 1. The van der Waals surface area contributed by atoms with Crippen LogP contribution in [-0.2, 0) is 9.59 Å². The highest BCUT2D eigenvalue weighted by Gasteiger charge is 2.47. The van der Waals surface area contributed by atoms with Gasteiger partial charge in [0.2, 0.25) is 0 Å². The van der Waals surface area contributed by atoms with Gasteiger partial charge in [-0.2, -0.15) is 0 Å². The van der Waals surface area contributed by atoms with Crippen molar-refractivity contribution < 1.29 is 28.9 Å². The van der Waals surface area contributed by atoms with E-state index in [2.05, 4.69) is 0 Å². The molecule has 1 fully saturated rings. The third-order valence-corrected chi connectivity index (χ3v) is 6.69. The van der Waals surface area contributed by atoms with Gasteiger partial charge in [-0.3, -0.25) is 14.5 Å². The van der Waals surface area contributed by atoms with Gasteiger partial charge in [0, 0.05) is 11.3 Å². The number of hydrogen-bond acceptors (Lipinski definition) is 6. The van der Waals surface area contributed by atoms with E-state index in [1.165, 1.54) is 12.0 Å². The van der Waals surface area contributed by atoms with E-state index < -0.39 is 17.7 Å². The predicted octanol–water partition coefficient (Wildman–Crippen LogP) is 6.39. The number of ether oxygens (including phenoxy) is 3. The number of carbonyl (C=O) groups is 2. The van der Waals surface area contributed by atoms with Crippen molar-refractivity contribution in [2.45, 2.75) is 33.7 Å². The summed E-state index contributed by atoms with van der Waals surface area (Å²) in [5.41, 5.74) is 3.06. The van der Waals surface area contributed by atoms with E-state index in [1.807, 2.05) is 39.8 Å². The van der Waals surface area contributed by atoms with Gasteiger partial charge < -0.3 is 19.3 Å². The van der Waals surface area contributed by atoms with Gasteiger partial charge in [0.05, 0.1) is 37.0 Å². The lowest BCUT2D eigenvalue weighted by molar-refractivity contribution is -0.132. The van der Waals surface area contributed by atoms with Crippen LogP contribution in [0.15, 0.2) is 60.2 Å². The van der Waals surface area contributed by atoms with E-state index >= 15 is 0 Å². The van der Waals surface area contributed by atoms with E-state index in [9.17, 15) is 14.7 Å². The monoisotopic (exact) mass is 535 g/mol. The van der Waals surface area contributed by atoms with Crippen molar-refractivity contribution in [3.8, 4) is 17.2 Å². The first-order valence-corrected chi connectivity index (χ1v) is 12.7. The summed E-state index contributed by atoms with van der Waals surface area (Å²) in [5.74, 6) is -0.530. The Labute approximate surface area is 227 Å². The number of ketones is 1. The third-order valence-electron chi connectivity index (χ3n) is 6.36. The minimum absolute atomic E-state index is 0.0851. The van der Waals surface area contributed by atoms with Gasteiger partial charge >= 0.3 is 0 Å². The number of anilines is 1. The molecule has 1 N–H and O–H groups in total. The summed E-state index contributed by atoms with van der Waals surface area (Å²) in [6.07, 6.45) is 0. The molecule has 1 saturated heterocycles. The number of methoxy groups -OCH3 is 1. The first kappa shape index (κ1) is 27.1. The van der Waals surface area contributed by atoms with Crippen LogP contribution in [0.3, 0.4) is 0 Å². The fourth-order valence-corrected chi connectivity index (χ4v) is 4.90. The van der Waals surface area contributed by atoms with E-state index in [0.29, 0.717) is 41.7 Å². The molecule has 0 aliphatic carbocycles. The number of carbonyl (C=O) groups excluding carboxylic acids is 2. The third kappa shape index (κ3) is 4.94. The van der Waals surface area contributed by atoms with Gasteiger partial charge in [-0.25, -0.2) is 0 Å². The largest absolute Gasteiger partial charge is 0.507 e. The van der Waals surface area contributed by atoms with Crippen molar-refractivity contribution in [2.24, 2.45) is 0 Å². The SMILES string of the molecule is CCOc1ccc(Cl)c(/C(O)=C2\C(=O)C(=O)N(c3ccc(C)cc3C)C2c2ccc(OC)c(OCC)c2)c1. The second kappa shape index (κ2) is 11.2. The van der Waals surface area contributed by atoms with Crippen LogP contribution >= 0.6 is 11.6 Å². The van der Waals surface area contributed by atoms with Crippen molar-refractivity contribution in [2.75, 3.05) is 25.2 Å². The number of Topliss-reactive ketones (excluding diaryl/α,β-unsaturated/α-hetero) is 1. The molecule has 1 atom stereocenters. The zero-order chi connectivity index (χ0) is 27.6. The summed E-state index contributed by atoms with van der Waals surface area (Å²) in [5, 5.41) is 11.8. The van der Waals surface area contributed by atoms with Crippen molar-refractivity contribution in [1.82, 2.24) is 0 Å². The van der Waals surface area contributed by atoms with Crippen LogP contribution in [0.2, 0.25) is 5.02 Å². The Hall–Kier alpha value is -3.97. The van der Waals surface area contributed by atoms with Crippen molar-refractivity contribution in [3.63, 3.8) is 0 Å². The van der Waals surface area contributed by atoms with Crippen LogP contribution < -0.4 is 19.1 Å². The predicted molar refractivity (Wildman–Crippen MR) is 147 cm³/mol. The number of aliphatic hydroxyl groups excluding tert-OH is 1. The number of benzene rings is 3. The number of hydrogen-bond donors (Lipinski definition) is 1. The molecule has 0 aromatic heterocycles. The Morgan fingerprint density at radius 2 is 1.68 bits per heavy atom. The van der Waals surface area contributed by atoms with Crippen LogP contribution in [0, 0.1) is 13.8 Å². The molecule has 1 unspecified atom stereocenters. The summed E-state index contributed by atoms with van der Waals surface area (Å²) in [6.45, 7) is 8.31.